The van der Waals surface area contributed by atoms with Gasteiger partial charge in [-0.25, -0.2) is 0 Å². The summed E-state index contributed by atoms with van der Waals surface area (Å²) in [4.78, 5) is 23.9. The maximum atomic E-state index is 11.6. The first-order valence-corrected chi connectivity index (χ1v) is 6.89. The van der Waals surface area contributed by atoms with E-state index in [0.29, 0.717) is 13.2 Å². The van der Waals surface area contributed by atoms with Gasteiger partial charge in [0.15, 0.2) is 0 Å². The molecule has 1 unspecified atom stereocenters. The van der Waals surface area contributed by atoms with Crippen LogP contribution in [-0.4, -0.2) is 55.1 Å². The first-order valence-electron chi connectivity index (χ1n) is 6.89. The van der Waals surface area contributed by atoms with Crippen molar-refractivity contribution in [1.82, 2.24) is 10.2 Å². The van der Waals surface area contributed by atoms with Gasteiger partial charge in [0.25, 0.3) is 5.69 Å². The Kier molecular flexibility index (Phi) is 5.24. The van der Waals surface area contributed by atoms with Gasteiger partial charge in [-0.3, -0.25) is 19.8 Å². The zero-order valence-electron chi connectivity index (χ0n) is 11.9. The highest BCUT2D eigenvalue weighted by Crippen LogP contribution is 2.13. The first kappa shape index (κ1) is 15.4. The molecule has 1 atom stereocenters. The van der Waals surface area contributed by atoms with Gasteiger partial charge in [0.05, 0.1) is 11.5 Å². The van der Waals surface area contributed by atoms with Crippen molar-refractivity contribution < 1.29 is 14.5 Å². The van der Waals surface area contributed by atoms with Gasteiger partial charge in [0.1, 0.15) is 6.10 Å². The van der Waals surface area contributed by atoms with Crippen LogP contribution in [0.3, 0.4) is 0 Å². The van der Waals surface area contributed by atoms with Gasteiger partial charge in [-0.1, -0.05) is 12.1 Å². The van der Waals surface area contributed by atoms with E-state index in [4.69, 9.17) is 4.74 Å². The average molecular weight is 293 g/mol. The van der Waals surface area contributed by atoms with Gasteiger partial charge in [-0.05, 0) is 12.0 Å². The number of benzene rings is 1. The minimum atomic E-state index is -0.416. The van der Waals surface area contributed by atoms with E-state index in [0.717, 1.165) is 25.1 Å². The summed E-state index contributed by atoms with van der Waals surface area (Å²) in [5.74, 6) is -0.102. The Bertz CT molecular complexity index is 503. The summed E-state index contributed by atoms with van der Waals surface area (Å²) >= 11 is 0. The number of likely N-dealkylation sites (N-methyl/N-ethyl adjacent to an activating group) is 1. The number of hydrogen-bond donors (Lipinski definition) is 1. The molecule has 1 saturated heterocycles. The summed E-state index contributed by atoms with van der Waals surface area (Å²) in [6.45, 7) is 2.71. The van der Waals surface area contributed by atoms with Crippen molar-refractivity contribution in [3.05, 3.63) is 39.9 Å². The second-order valence-corrected chi connectivity index (χ2v) is 4.95. The Morgan fingerprint density at radius 3 is 2.81 bits per heavy atom. The second kappa shape index (κ2) is 7.14. The quantitative estimate of drug-likeness (QED) is 0.634. The zero-order chi connectivity index (χ0) is 15.2. The number of morpholine rings is 1. The maximum absolute atomic E-state index is 11.6. The fraction of sp³-hybridized carbons (Fsp3) is 0.500. The number of amides is 1. The lowest BCUT2D eigenvalue weighted by atomic mass is 10.1. The number of nitro groups is 1. The van der Waals surface area contributed by atoms with Gasteiger partial charge in [0, 0.05) is 38.8 Å². The summed E-state index contributed by atoms with van der Waals surface area (Å²) in [7, 11) is 1.60. The SMILES string of the molecule is CNC(=O)C1CN(CCc2ccc([N+](=O)[O-])cc2)CCO1. The van der Waals surface area contributed by atoms with Gasteiger partial charge in [0.2, 0.25) is 5.91 Å². The molecule has 1 aromatic rings. The standard InChI is InChI=1S/C14H19N3O4/c1-15-14(18)13-10-16(8-9-21-13)7-6-11-2-4-12(5-3-11)17(19)20/h2-5,13H,6-10H2,1H3,(H,15,18). The molecule has 1 aliphatic heterocycles. The van der Waals surface area contributed by atoms with Crippen LogP contribution in [0.15, 0.2) is 24.3 Å². The molecule has 1 aromatic carbocycles. The van der Waals surface area contributed by atoms with Crippen LogP contribution in [0.2, 0.25) is 0 Å². The lowest BCUT2D eigenvalue weighted by Gasteiger charge is -2.31. The summed E-state index contributed by atoms with van der Waals surface area (Å²) < 4.78 is 5.43. The Balaban J connectivity index is 1.84. The maximum Gasteiger partial charge on any atom is 0.269 e. The van der Waals surface area contributed by atoms with Crippen molar-refractivity contribution in [3.8, 4) is 0 Å². The molecule has 7 heteroatoms. The van der Waals surface area contributed by atoms with Crippen LogP contribution in [0.1, 0.15) is 5.56 Å². The molecule has 0 spiro atoms. The molecule has 1 amide bonds. The molecule has 1 aliphatic rings. The molecule has 0 bridgehead atoms. The third kappa shape index (κ3) is 4.24. The van der Waals surface area contributed by atoms with E-state index in [2.05, 4.69) is 10.2 Å². The normalized spacial score (nSPS) is 19.2. The number of rotatable bonds is 5. The van der Waals surface area contributed by atoms with Crippen LogP contribution in [0.25, 0.3) is 0 Å². The molecule has 1 N–H and O–H groups in total. The molecule has 0 aromatic heterocycles. The van der Waals surface area contributed by atoms with Crippen molar-refractivity contribution in [2.24, 2.45) is 0 Å². The van der Waals surface area contributed by atoms with Crippen molar-refractivity contribution in [2.45, 2.75) is 12.5 Å². The molecule has 0 aliphatic carbocycles. The van der Waals surface area contributed by atoms with E-state index in [9.17, 15) is 14.9 Å². The van der Waals surface area contributed by atoms with Crippen LogP contribution in [0, 0.1) is 10.1 Å². The predicted molar refractivity (Wildman–Crippen MR) is 77.0 cm³/mol. The largest absolute Gasteiger partial charge is 0.366 e. The van der Waals surface area contributed by atoms with Crippen LogP contribution < -0.4 is 5.32 Å². The number of carbonyl (C=O) groups excluding carboxylic acids is 1. The first-order chi connectivity index (χ1) is 10.1. The van der Waals surface area contributed by atoms with E-state index < -0.39 is 11.0 Å². The molecule has 2 rings (SSSR count). The number of carbonyl (C=O) groups is 1. The van der Waals surface area contributed by atoms with E-state index in [-0.39, 0.29) is 11.6 Å². The van der Waals surface area contributed by atoms with E-state index in [1.54, 1.807) is 19.2 Å². The van der Waals surface area contributed by atoms with Gasteiger partial charge in [-0.15, -0.1) is 0 Å². The van der Waals surface area contributed by atoms with Gasteiger partial charge >= 0.3 is 0 Å². The average Bonchev–Trinajstić information content (AvgIpc) is 2.52. The molecule has 7 nitrogen and oxygen atoms in total. The highest BCUT2D eigenvalue weighted by molar-refractivity contribution is 5.80. The zero-order valence-corrected chi connectivity index (χ0v) is 11.9. The van der Waals surface area contributed by atoms with Gasteiger partial charge in [-0.2, -0.15) is 0 Å². The minimum Gasteiger partial charge on any atom is -0.366 e. The highest BCUT2D eigenvalue weighted by Gasteiger charge is 2.25. The number of nitrogens with zero attached hydrogens (tertiary/aromatic N) is 2. The van der Waals surface area contributed by atoms with E-state index in [1.807, 2.05) is 0 Å². The molecular weight excluding hydrogens is 274 g/mol. The molecule has 21 heavy (non-hydrogen) atoms. The van der Waals surface area contributed by atoms with E-state index in [1.165, 1.54) is 12.1 Å². The van der Waals surface area contributed by atoms with Crippen LogP contribution in [0.5, 0.6) is 0 Å². The van der Waals surface area contributed by atoms with Crippen molar-refractivity contribution in [3.63, 3.8) is 0 Å². The molecular formula is C14H19N3O4. The molecule has 114 valence electrons. The molecule has 0 saturated carbocycles. The summed E-state index contributed by atoms with van der Waals surface area (Å²) in [6.07, 6.45) is 0.374. The minimum absolute atomic E-state index is 0.102. The van der Waals surface area contributed by atoms with Crippen LogP contribution >= 0.6 is 0 Å². The number of ether oxygens (including phenoxy) is 1. The Morgan fingerprint density at radius 1 is 1.48 bits per heavy atom. The second-order valence-electron chi connectivity index (χ2n) is 4.95. The van der Waals surface area contributed by atoms with Crippen molar-refractivity contribution >= 4 is 11.6 Å². The third-order valence-corrected chi connectivity index (χ3v) is 3.55. The molecule has 0 radical (unpaired) electrons. The lowest BCUT2D eigenvalue weighted by Crippen LogP contribution is -2.49. The molecule has 1 heterocycles. The number of nitrogens with one attached hydrogen (secondary N) is 1. The monoisotopic (exact) mass is 293 g/mol. The summed E-state index contributed by atoms with van der Waals surface area (Å²) in [6, 6.07) is 6.58. The fourth-order valence-electron chi connectivity index (χ4n) is 2.30. The smallest absolute Gasteiger partial charge is 0.269 e. The third-order valence-electron chi connectivity index (χ3n) is 3.55. The topological polar surface area (TPSA) is 84.7 Å². The number of hydrogen-bond acceptors (Lipinski definition) is 5. The molecule has 1 fully saturated rings. The fourth-order valence-corrected chi connectivity index (χ4v) is 2.30. The lowest BCUT2D eigenvalue weighted by molar-refractivity contribution is -0.384. The van der Waals surface area contributed by atoms with Crippen LogP contribution in [0.4, 0.5) is 5.69 Å². The summed E-state index contributed by atoms with van der Waals surface area (Å²) in [5.41, 5.74) is 1.15. The Morgan fingerprint density at radius 2 is 2.19 bits per heavy atom. The summed E-state index contributed by atoms with van der Waals surface area (Å²) in [5, 5.41) is 13.2. The Labute approximate surface area is 123 Å². The predicted octanol–water partition coefficient (Wildman–Crippen LogP) is 0.584. The highest BCUT2D eigenvalue weighted by atomic mass is 16.6. The number of non-ortho nitro benzene ring substituents is 1. The van der Waals surface area contributed by atoms with Crippen molar-refractivity contribution in [1.29, 1.82) is 0 Å². The van der Waals surface area contributed by atoms with Gasteiger partial charge < -0.3 is 10.1 Å². The van der Waals surface area contributed by atoms with Crippen LogP contribution in [-0.2, 0) is 16.0 Å². The Hall–Kier alpha value is -1.99. The number of nitro benzene ring substituents is 1. The van der Waals surface area contributed by atoms with E-state index >= 15 is 0 Å². The van der Waals surface area contributed by atoms with Crippen molar-refractivity contribution in [2.75, 3.05) is 33.3 Å².